The van der Waals surface area contributed by atoms with Crippen LogP contribution in [0, 0.1) is 0 Å². The van der Waals surface area contributed by atoms with Crippen LogP contribution in [0.4, 0.5) is 0 Å². The molecule has 12 aromatic rings. The number of thiophene rings is 1. The van der Waals surface area contributed by atoms with Crippen molar-refractivity contribution in [1.29, 1.82) is 0 Å². The second-order valence-corrected chi connectivity index (χ2v) is 18.9. The van der Waals surface area contributed by atoms with Gasteiger partial charge >= 0.3 is 0 Å². The lowest BCUT2D eigenvalue weighted by molar-refractivity contribution is 0.754. The van der Waals surface area contributed by atoms with Crippen molar-refractivity contribution in [2.75, 3.05) is 0 Å². The van der Waals surface area contributed by atoms with Crippen LogP contribution in [0.5, 0.6) is 0 Å². The van der Waals surface area contributed by atoms with E-state index in [1.165, 1.54) is 59.1 Å². The molecule has 0 fully saturated rings. The van der Waals surface area contributed by atoms with E-state index in [9.17, 15) is 0 Å². The van der Waals surface area contributed by atoms with Gasteiger partial charge in [-0.1, -0.05) is 188 Å². The van der Waals surface area contributed by atoms with Gasteiger partial charge in [-0.25, -0.2) is 29.9 Å². The summed E-state index contributed by atoms with van der Waals surface area (Å²) in [4.78, 5) is 30.7. The van der Waals surface area contributed by atoms with Gasteiger partial charge in [0, 0.05) is 65.4 Å². The summed E-state index contributed by atoms with van der Waals surface area (Å²) in [5.74, 6) is 3.92. The summed E-state index contributed by atoms with van der Waals surface area (Å²) in [7, 11) is 0. The van der Waals surface area contributed by atoms with Crippen LogP contribution >= 0.6 is 11.3 Å². The maximum atomic E-state index is 5.23. The molecule has 9 aromatic carbocycles. The number of hydrogen-bond donors (Lipinski definition) is 0. The number of nitrogens with zero attached hydrogens (tertiary/aromatic N) is 6. The third-order valence-corrected chi connectivity index (χ3v) is 14.9. The number of aromatic nitrogens is 6. The van der Waals surface area contributed by atoms with Crippen molar-refractivity contribution in [1.82, 2.24) is 29.9 Å². The maximum absolute atomic E-state index is 5.23. The second-order valence-electron chi connectivity index (χ2n) is 17.8. The summed E-state index contributed by atoms with van der Waals surface area (Å²) in [6.45, 7) is 0. The minimum atomic E-state index is 0.0250. The Bertz CT molecular complexity index is 3910. The molecule has 0 saturated heterocycles. The molecule has 6 nitrogen and oxygen atoms in total. The smallest absolute Gasteiger partial charge is 0.164 e. The van der Waals surface area contributed by atoms with Crippen LogP contribution in [0.1, 0.15) is 45.2 Å². The van der Waals surface area contributed by atoms with E-state index in [1.54, 1.807) is 0 Å². The summed E-state index contributed by atoms with van der Waals surface area (Å²) in [5.41, 5.74) is 15.8. The highest BCUT2D eigenvalue weighted by Crippen LogP contribution is 2.56. The van der Waals surface area contributed by atoms with E-state index in [4.69, 9.17) is 29.9 Å². The quantitative estimate of drug-likeness (QED) is 0.159. The maximum Gasteiger partial charge on any atom is 0.164 e. The lowest BCUT2D eigenvalue weighted by Gasteiger charge is -2.42. The number of benzene rings is 9. The molecule has 0 spiro atoms. The predicted octanol–water partition coefficient (Wildman–Crippen LogP) is 15.1. The van der Waals surface area contributed by atoms with Crippen molar-refractivity contribution in [3.63, 3.8) is 0 Å². The van der Waals surface area contributed by atoms with Gasteiger partial charge in [-0.15, -0.1) is 11.3 Å². The molecule has 0 N–H and O–H groups in total. The molecule has 322 valence electrons. The molecule has 69 heavy (non-hydrogen) atoms. The molecule has 2 atom stereocenters. The van der Waals surface area contributed by atoms with Crippen LogP contribution in [0.2, 0.25) is 0 Å². The summed E-state index contributed by atoms with van der Waals surface area (Å²) in [5, 5.41) is 2.59. The van der Waals surface area contributed by atoms with E-state index in [2.05, 4.69) is 140 Å². The summed E-state index contributed by atoms with van der Waals surface area (Å²) < 4.78 is 2.61. The Hall–Kier alpha value is -8.78. The van der Waals surface area contributed by atoms with Gasteiger partial charge < -0.3 is 0 Å². The third-order valence-electron chi connectivity index (χ3n) is 13.8. The fourth-order valence-electron chi connectivity index (χ4n) is 10.5. The van der Waals surface area contributed by atoms with E-state index in [0.717, 1.165) is 38.9 Å². The largest absolute Gasteiger partial charge is 0.208 e. The molecule has 2 unspecified atom stereocenters. The molecule has 3 heterocycles. The molecule has 2 bridgehead atoms. The molecule has 0 saturated carbocycles. The highest BCUT2D eigenvalue weighted by atomic mass is 32.1. The van der Waals surface area contributed by atoms with Crippen molar-refractivity contribution >= 4 is 31.5 Å². The number of hydrogen-bond acceptors (Lipinski definition) is 7. The van der Waals surface area contributed by atoms with E-state index in [0.29, 0.717) is 34.9 Å². The van der Waals surface area contributed by atoms with E-state index < -0.39 is 0 Å². The molecule has 0 aliphatic heterocycles. The van der Waals surface area contributed by atoms with Crippen molar-refractivity contribution in [3.8, 4) is 79.5 Å². The molecule has 15 rings (SSSR count). The van der Waals surface area contributed by atoms with Crippen LogP contribution < -0.4 is 0 Å². The highest BCUT2D eigenvalue weighted by molar-refractivity contribution is 7.25. The molecular formula is C62H38N6S. The minimum Gasteiger partial charge on any atom is -0.208 e. The van der Waals surface area contributed by atoms with Crippen molar-refractivity contribution in [2.24, 2.45) is 0 Å². The standard InChI is InChI=1S/C62H38N6S/c1-4-14-38(15-5-1)57-63-58(39-16-6-2-7-17-39)66-61(65-57)43-28-31-48-51(35-43)55-46-21-10-11-22-47(46)56(48)52-36-44(29-32-49(52)55)62-67-59(40-18-8-3-9-19-40)64-60(68-62)41-26-24-37(25-27-41)42-30-33-54-50(34-42)45-20-12-13-23-53(45)69-54/h1-36,55-56H. The zero-order valence-corrected chi connectivity index (χ0v) is 37.8. The first-order valence-corrected chi connectivity index (χ1v) is 24.1. The molecule has 3 aliphatic carbocycles. The lowest BCUT2D eigenvalue weighted by atomic mass is 9.61. The average Bonchev–Trinajstić information content (AvgIpc) is 3.81. The summed E-state index contributed by atoms with van der Waals surface area (Å²) in [6.07, 6.45) is 0. The van der Waals surface area contributed by atoms with E-state index in [-0.39, 0.29) is 11.8 Å². The predicted molar refractivity (Wildman–Crippen MR) is 279 cm³/mol. The normalized spacial score (nSPS) is 14.4. The van der Waals surface area contributed by atoms with Gasteiger partial charge in [0.15, 0.2) is 34.9 Å². The van der Waals surface area contributed by atoms with Gasteiger partial charge in [-0.2, -0.15) is 0 Å². The van der Waals surface area contributed by atoms with E-state index in [1.807, 2.05) is 90.2 Å². The topological polar surface area (TPSA) is 77.3 Å². The minimum absolute atomic E-state index is 0.0250. The highest BCUT2D eigenvalue weighted by Gasteiger charge is 2.41. The third kappa shape index (κ3) is 6.69. The first-order chi connectivity index (χ1) is 34.2. The monoisotopic (exact) mass is 898 g/mol. The fourth-order valence-corrected chi connectivity index (χ4v) is 11.6. The molecule has 3 aliphatic rings. The van der Waals surface area contributed by atoms with Gasteiger partial charge in [0.25, 0.3) is 0 Å². The van der Waals surface area contributed by atoms with Crippen LogP contribution in [-0.2, 0) is 0 Å². The Labute approximate surface area is 402 Å². The summed E-state index contributed by atoms with van der Waals surface area (Å²) >= 11 is 1.84. The molecule has 3 aromatic heterocycles. The van der Waals surface area contributed by atoms with Crippen LogP contribution in [0.15, 0.2) is 218 Å². The second kappa shape index (κ2) is 15.9. The fraction of sp³-hybridized carbons (Fsp3) is 0.0323. The number of rotatable bonds is 7. The SMILES string of the molecule is c1ccc(-c2nc(-c3ccccc3)nc(-c3ccc4c(c3)C3c5ccccc5C4c4cc(-c5nc(-c6ccccc6)nc(-c6ccc(-c7ccc8sc9ccccc9c8c7)cc6)n5)ccc43)n2)cc1. The van der Waals surface area contributed by atoms with Gasteiger partial charge in [0.2, 0.25) is 0 Å². The van der Waals surface area contributed by atoms with E-state index >= 15 is 0 Å². The van der Waals surface area contributed by atoms with Crippen LogP contribution in [-0.4, -0.2) is 29.9 Å². The van der Waals surface area contributed by atoms with Crippen molar-refractivity contribution in [3.05, 3.63) is 252 Å². The zero-order chi connectivity index (χ0) is 45.4. The summed E-state index contributed by atoms with van der Waals surface area (Å²) in [6, 6.07) is 77.1. The Morgan fingerprint density at radius 2 is 0.580 bits per heavy atom. The Balaban J connectivity index is 0.855. The average molecular weight is 899 g/mol. The molecule has 7 heteroatoms. The Morgan fingerprint density at radius 1 is 0.232 bits per heavy atom. The van der Waals surface area contributed by atoms with Gasteiger partial charge in [-0.05, 0) is 74.8 Å². The van der Waals surface area contributed by atoms with Gasteiger partial charge in [0.1, 0.15) is 0 Å². The van der Waals surface area contributed by atoms with Crippen LogP contribution in [0.25, 0.3) is 99.6 Å². The molecule has 0 radical (unpaired) electrons. The van der Waals surface area contributed by atoms with Crippen molar-refractivity contribution < 1.29 is 0 Å². The van der Waals surface area contributed by atoms with Gasteiger partial charge in [0.05, 0.1) is 0 Å². The Morgan fingerprint density at radius 3 is 1.07 bits per heavy atom. The van der Waals surface area contributed by atoms with Crippen LogP contribution in [0.3, 0.4) is 0 Å². The lowest BCUT2D eigenvalue weighted by Crippen LogP contribution is -2.27. The zero-order valence-electron chi connectivity index (χ0n) is 37.0. The Kier molecular flexibility index (Phi) is 9.10. The number of fused-ring (bicyclic) bond motifs is 3. The van der Waals surface area contributed by atoms with Gasteiger partial charge in [-0.3, -0.25) is 0 Å². The first kappa shape index (κ1) is 39.4. The molecule has 0 amide bonds. The first-order valence-electron chi connectivity index (χ1n) is 23.2. The van der Waals surface area contributed by atoms with Crippen molar-refractivity contribution in [2.45, 2.75) is 11.8 Å². The molecular weight excluding hydrogens is 861 g/mol.